The highest BCUT2D eigenvalue weighted by Gasteiger charge is 2.11. The fraction of sp³-hybridized carbons (Fsp3) is 0.200. The van der Waals surface area contributed by atoms with Gasteiger partial charge in [-0.15, -0.1) is 0 Å². The van der Waals surface area contributed by atoms with E-state index in [1.54, 1.807) is 49.4 Å². The molecule has 7 nitrogen and oxygen atoms in total. The lowest BCUT2D eigenvalue weighted by molar-refractivity contribution is -0.116. The van der Waals surface area contributed by atoms with Crippen LogP contribution in [0.3, 0.4) is 0 Å². The Bertz CT molecular complexity index is 924. The zero-order chi connectivity index (χ0) is 20.4. The van der Waals surface area contributed by atoms with E-state index in [0.29, 0.717) is 30.8 Å². The summed E-state index contributed by atoms with van der Waals surface area (Å²) in [7, 11) is -3.49. The Balaban J connectivity index is 1.77. The fourth-order valence-electron chi connectivity index (χ4n) is 2.32. The maximum absolute atomic E-state index is 11.9. The first-order chi connectivity index (χ1) is 13.4. The summed E-state index contributed by atoms with van der Waals surface area (Å²) in [6.07, 6.45) is 2.94. The van der Waals surface area contributed by atoms with Crippen LogP contribution < -0.4 is 15.4 Å². The van der Waals surface area contributed by atoms with Crippen LogP contribution >= 0.6 is 0 Å². The molecule has 0 saturated heterocycles. The Morgan fingerprint density at radius 2 is 1.57 bits per heavy atom. The molecule has 0 radical (unpaired) electrons. The Morgan fingerprint density at radius 1 is 0.929 bits per heavy atom. The molecular weight excluding hydrogens is 378 g/mol. The first-order valence-corrected chi connectivity index (χ1v) is 10.3. The number of nitrogens with one attached hydrogen (secondary N) is 3. The molecule has 0 atom stereocenters. The van der Waals surface area contributed by atoms with Crippen molar-refractivity contribution < 1.29 is 18.0 Å². The monoisotopic (exact) mass is 401 g/mol. The molecule has 0 spiro atoms. The van der Waals surface area contributed by atoms with E-state index >= 15 is 0 Å². The largest absolute Gasteiger partial charge is 0.351 e. The molecule has 0 fully saturated rings. The molecule has 148 valence electrons. The van der Waals surface area contributed by atoms with E-state index in [-0.39, 0.29) is 16.7 Å². The summed E-state index contributed by atoms with van der Waals surface area (Å²) < 4.78 is 26.2. The van der Waals surface area contributed by atoms with E-state index in [4.69, 9.17) is 0 Å². The molecule has 0 bridgehead atoms. The predicted molar refractivity (Wildman–Crippen MR) is 108 cm³/mol. The smallest absolute Gasteiger partial charge is 0.251 e. The van der Waals surface area contributed by atoms with E-state index in [0.717, 1.165) is 0 Å². The van der Waals surface area contributed by atoms with Crippen LogP contribution in [-0.2, 0) is 14.8 Å². The highest BCUT2D eigenvalue weighted by molar-refractivity contribution is 7.89. The normalized spacial score (nSPS) is 11.3. The fourth-order valence-corrected chi connectivity index (χ4v) is 3.36. The lowest BCUT2D eigenvalue weighted by Gasteiger charge is -2.06. The van der Waals surface area contributed by atoms with Gasteiger partial charge in [0.25, 0.3) is 5.91 Å². The molecule has 2 rings (SSSR count). The number of rotatable bonds is 9. The maximum atomic E-state index is 11.9. The van der Waals surface area contributed by atoms with Crippen molar-refractivity contribution >= 4 is 27.9 Å². The van der Waals surface area contributed by atoms with Crippen LogP contribution in [-0.4, -0.2) is 39.9 Å². The van der Waals surface area contributed by atoms with Gasteiger partial charge in [-0.1, -0.05) is 37.3 Å². The third-order valence-electron chi connectivity index (χ3n) is 3.70. The van der Waals surface area contributed by atoms with Crippen molar-refractivity contribution in [3.63, 3.8) is 0 Å². The lowest BCUT2D eigenvalue weighted by Crippen LogP contribution is -2.33. The molecule has 28 heavy (non-hydrogen) atoms. The van der Waals surface area contributed by atoms with E-state index in [1.165, 1.54) is 18.2 Å². The van der Waals surface area contributed by atoms with Crippen LogP contribution in [0.2, 0.25) is 0 Å². The molecular formula is C20H23N3O4S. The molecule has 0 aliphatic carbocycles. The minimum absolute atomic E-state index is 0.171. The Kier molecular flexibility index (Phi) is 7.91. The van der Waals surface area contributed by atoms with Crippen LogP contribution in [0, 0.1) is 0 Å². The number of hydrogen-bond acceptors (Lipinski definition) is 4. The van der Waals surface area contributed by atoms with Crippen molar-refractivity contribution in [2.24, 2.45) is 0 Å². The second-order valence-corrected chi connectivity index (χ2v) is 7.58. The molecule has 8 heteroatoms. The number of hydrogen-bond donors (Lipinski definition) is 3. The van der Waals surface area contributed by atoms with E-state index in [9.17, 15) is 18.0 Å². The number of sulfonamides is 1. The third kappa shape index (κ3) is 6.64. The summed E-state index contributed by atoms with van der Waals surface area (Å²) in [4.78, 5) is 23.9. The van der Waals surface area contributed by atoms with E-state index < -0.39 is 10.0 Å². The van der Waals surface area contributed by atoms with E-state index in [1.807, 2.05) is 6.07 Å². The van der Waals surface area contributed by atoms with Gasteiger partial charge < -0.3 is 10.6 Å². The summed E-state index contributed by atoms with van der Waals surface area (Å²) in [5.74, 6) is -0.503. The van der Waals surface area contributed by atoms with Crippen molar-refractivity contribution in [2.45, 2.75) is 11.8 Å². The minimum Gasteiger partial charge on any atom is -0.351 e. The van der Waals surface area contributed by atoms with Gasteiger partial charge in [0.2, 0.25) is 15.9 Å². The van der Waals surface area contributed by atoms with Gasteiger partial charge in [-0.25, -0.2) is 13.1 Å². The van der Waals surface area contributed by atoms with Crippen LogP contribution in [0.4, 0.5) is 0 Å². The number of amides is 2. The summed E-state index contributed by atoms with van der Waals surface area (Å²) in [6.45, 7) is 2.63. The first kappa shape index (κ1) is 21.3. The second kappa shape index (κ2) is 10.4. The van der Waals surface area contributed by atoms with Gasteiger partial charge >= 0.3 is 0 Å². The highest BCUT2D eigenvalue weighted by atomic mass is 32.2. The van der Waals surface area contributed by atoms with Gasteiger partial charge in [-0.05, 0) is 35.9 Å². The average Bonchev–Trinajstić information content (AvgIpc) is 2.70. The summed E-state index contributed by atoms with van der Waals surface area (Å²) >= 11 is 0. The molecule has 0 heterocycles. The van der Waals surface area contributed by atoms with Gasteiger partial charge in [-0.2, -0.15) is 0 Å². The lowest BCUT2D eigenvalue weighted by atomic mass is 10.2. The van der Waals surface area contributed by atoms with Crippen molar-refractivity contribution in [1.29, 1.82) is 0 Å². The zero-order valence-corrected chi connectivity index (χ0v) is 16.3. The molecule has 0 unspecified atom stereocenters. The number of benzene rings is 2. The van der Waals surface area contributed by atoms with Gasteiger partial charge in [0, 0.05) is 31.3 Å². The van der Waals surface area contributed by atoms with Crippen molar-refractivity contribution in [3.05, 3.63) is 71.8 Å². The van der Waals surface area contributed by atoms with Crippen LogP contribution in [0.15, 0.2) is 65.6 Å². The average molecular weight is 401 g/mol. The molecule has 0 aliphatic heterocycles. The minimum atomic E-state index is -3.49. The molecule has 3 N–H and O–H groups in total. The Labute approximate surface area is 164 Å². The summed E-state index contributed by atoms with van der Waals surface area (Å²) in [5, 5.41) is 5.38. The topological polar surface area (TPSA) is 104 Å². The maximum Gasteiger partial charge on any atom is 0.251 e. The highest BCUT2D eigenvalue weighted by Crippen LogP contribution is 2.11. The molecule has 2 aromatic rings. The van der Waals surface area contributed by atoms with Crippen LogP contribution in [0.5, 0.6) is 0 Å². The number of carbonyl (C=O) groups is 2. The SMILES string of the molecule is CCNS(=O)(=O)c1ccc(/C=C/C(=O)NCCNC(=O)c2ccccc2)cc1. The van der Waals surface area contributed by atoms with Crippen molar-refractivity contribution in [3.8, 4) is 0 Å². The van der Waals surface area contributed by atoms with Gasteiger partial charge in [0.05, 0.1) is 4.90 Å². The van der Waals surface area contributed by atoms with Gasteiger partial charge in [0.15, 0.2) is 0 Å². The quantitative estimate of drug-likeness (QED) is 0.438. The van der Waals surface area contributed by atoms with Gasteiger partial charge in [0.1, 0.15) is 0 Å². The second-order valence-electron chi connectivity index (χ2n) is 5.82. The Morgan fingerprint density at radius 3 is 2.21 bits per heavy atom. The van der Waals surface area contributed by atoms with Gasteiger partial charge in [-0.3, -0.25) is 9.59 Å². The van der Waals surface area contributed by atoms with Crippen molar-refractivity contribution in [1.82, 2.24) is 15.4 Å². The third-order valence-corrected chi connectivity index (χ3v) is 5.26. The zero-order valence-electron chi connectivity index (χ0n) is 15.5. The molecule has 0 aromatic heterocycles. The molecule has 2 amide bonds. The Hall–Kier alpha value is -2.97. The van der Waals surface area contributed by atoms with Crippen molar-refractivity contribution in [2.75, 3.05) is 19.6 Å². The predicted octanol–water partition coefficient (Wildman–Crippen LogP) is 1.54. The molecule has 0 saturated carbocycles. The number of carbonyl (C=O) groups excluding carboxylic acids is 2. The summed E-state index contributed by atoms with van der Waals surface area (Å²) in [5.41, 5.74) is 1.26. The van der Waals surface area contributed by atoms with Crippen LogP contribution in [0.25, 0.3) is 6.08 Å². The van der Waals surface area contributed by atoms with E-state index in [2.05, 4.69) is 15.4 Å². The molecule has 2 aromatic carbocycles. The first-order valence-electron chi connectivity index (χ1n) is 8.81. The molecule has 0 aliphatic rings. The summed E-state index contributed by atoms with van der Waals surface area (Å²) in [6, 6.07) is 15.0. The standard InChI is InChI=1S/C20H23N3O4S/c1-2-23-28(26,27)18-11-8-16(9-12-18)10-13-19(24)21-14-15-22-20(25)17-6-4-3-5-7-17/h3-13,23H,2,14-15H2,1H3,(H,21,24)(H,22,25)/b13-10+. The van der Waals surface area contributed by atoms with Crippen LogP contribution in [0.1, 0.15) is 22.8 Å².